The highest BCUT2D eigenvalue weighted by atomic mass is 35.5. The lowest BCUT2D eigenvalue weighted by atomic mass is 9.85. The molecule has 0 bridgehead atoms. The molecule has 0 unspecified atom stereocenters. The summed E-state index contributed by atoms with van der Waals surface area (Å²) >= 11 is 0. The van der Waals surface area contributed by atoms with Gasteiger partial charge in [-0.2, -0.15) is 0 Å². The molecule has 2 N–H and O–H groups in total. The highest BCUT2D eigenvalue weighted by Gasteiger charge is 2.31. The maximum absolute atomic E-state index is 11.7. The van der Waals surface area contributed by atoms with E-state index in [1.807, 2.05) is 20.8 Å². The number of ether oxygens (including phenoxy) is 1. The summed E-state index contributed by atoms with van der Waals surface area (Å²) in [5.74, 6) is -0.201. The molecule has 0 aliphatic heterocycles. The van der Waals surface area contributed by atoms with Crippen molar-refractivity contribution >= 4 is 18.4 Å². The van der Waals surface area contributed by atoms with Crippen LogP contribution in [0.5, 0.6) is 0 Å². The number of hydrogen-bond donors (Lipinski definition) is 1. The van der Waals surface area contributed by atoms with Crippen molar-refractivity contribution in [1.29, 1.82) is 0 Å². The SMILES string of the molecule is CC(C)(C)OC(=O)[C@@H]1CCCC[C@@H]1N.Cl. The van der Waals surface area contributed by atoms with Gasteiger partial charge in [-0.1, -0.05) is 12.8 Å². The van der Waals surface area contributed by atoms with Gasteiger partial charge in [-0.3, -0.25) is 4.79 Å². The predicted molar refractivity (Wildman–Crippen MR) is 63.0 cm³/mol. The zero-order valence-electron chi connectivity index (χ0n) is 9.79. The van der Waals surface area contributed by atoms with E-state index < -0.39 is 5.60 Å². The summed E-state index contributed by atoms with van der Waals surface area (Å²) in [6.07, 6.45) is 4.07. The van der Waals surface area contributed by atoms with Gasteiger partial charge in [-0.15, -0.1) is 12.4 Å². The summed E-state index contributed by atoms with van der Waals surface area (Å²) in [4.78, 5) is 11.7. The molecular formula is C11H22ClNO2. The van der Waals surface area contributed by atoms with Gasteiger partial charge in [-0.05, 0) is 33.6 Å². The Kier molecular flexibility index (Phi) is 5.60. The molecule has 0 aromatic carbocycles. The highest BCUT2D eigenvalue weighted by Crippen LogP contribution is 2.25. The van der Waals surface area contributed by atoms with Crippen molar-refractivity contribution in [2.24, 2.45) is 11.7 Å². The molecule has 0 spiro atoms. The van der Waals surface area contributed by atoms with Gasteiger partial charge in [0.2, 0.25) is 0 Å². The smallest absolute Gasteiger partial charge is 0.311 e. The first-order chi connectivity index (χ1) is 6.40. The Morgan fingerprint density at radius 1 is 1.27 bits per heavy atom. The van der Waals surface area contributed by atoms with Crippen LogP contribution in [0.4, 0.5) is 0 Å². The Balaban J connectivity index is 0.00000196. The van der Waals surface area contributed by atoms with Crippen LogP contribution in [0.1, 0.15) is 46.5 Å². The molecule has 2 atom stereocenters. The van der Waals surface area contributed by atoms with Crippen molar-refractivity contribution in [2.45, 2.75) is 58.1 Å². The van der Waals surface area contributed by atoms with E-state index in [-0.39, 0.29) is 30.3 Å². The molecule has 0 heterocycles. The number of hydrogen-bond acceptors (Lipinski definition) is 3. The van der Waals surface area contributed by atoms with Crippen LogP contribution >= 0.6 is 12.4 Å². The molecule has 0 aromatic rings. The third kappa shape index (κ3) is 4.85. The Morgan fingerprint density at radius 2 is 1.80 bits per heavy atom. The summed E-state index contributed by atoms with van der Waals surface area (Å²) in [5.41, 5.74) is 5.50. The van der Waals surface area contributed by atoms with E-state index in [1.54, 1.807) is 0 Å². The van der Waals surface area contributed by atoms with Gasteiger partial charge in [0.15, 0.2) is 0 Å². The fourth-order valence-electron chi connectivity index (χ4n) is 1.83. The number of carbonyl (C=O) groups excluding carboxylic acids is 1. The van der Waals surface area contributed by atoms with Gasteiger partial charge in [-0.25, -0.2) is 0 Å². The third-order valence-electron chi connectivity index (χ3n) is 2.53. The fourth-order valence-corrected chi connectivity index (χ4v) is 1.83. The lowest BCUT2D eigenvalue weighted by Gasteiger charge is -2.30. The lowest BCUT2D eigenvalue weighted by Crippen LogP contribution is -2.41. The number of esters is 1. The number of halogens is 1. The minimum absolute atomic E-state index is 0. The van der Waals surface area contributed by atoms with Gasteiger partial charge < -0.3 is 10.5 Å². The first-order valence-corrected chi connectivity index (χ1v) is 5.38. The van der Waals surface area contributed by atoms with Crippen LogP contribution in [0.2, 0.25) is 0 Å². The van der Waals surface area contributed by atoms with E-state index in [0.29, 0.717) is 0 Å². The highest BCUT2D eigenvalue weighted by molar-refractivity contribution is 5.85. The van der Waals surface area contributed by atoms with E-state index >= 15 is 0 Å². The van der Waals surface area contributed by atoms with Gasteiger partial charge in [0.1, 0.15) is 5.60 Å². The molecule has 1 aliphatic rings. The first-order valence-electron chi connectivity index (χ1n) is 5.38. The minimum Gasteiger partial charge on any atom is -0.460 e. The summed E-state index contributed by atoms with van der Waals surface area (Å²) in [6.45, 7) is 5.66. The topological polar surface area (TPSA) is 52.3 Å². The van der Waals surface area contributed by atoms with Crippen molar-refractivity contribution in [1.82, 2.24) is 0 Å². The van der Waals surface area contributed by atoms with Gasteiger partial charge in [0.25, 0.3) is 0 Å². The fraction of sp³-hybridized carbons (Fsp3) is 0.909. The molecule has 0 saturated heterocycles. The Morgan fingerprint density at radius 3 is 2.27 bits per heavy atom. The summed E-state index contributed by atoms with van der Waals surface area (Å²) in [7, 11) is 0. The maximum Gasteiger partial charge on any atom is 0.311 e. The molecule has 90 valence electrons. The molecule has 1 rings (SSSR count). The molecular weight excluding hydrogens is 214 g/mol. The molecule has 3 nitrogen and oxygen atoms in total. The molecule has 4 heteroatoms. The van der Waals surface area contributed by atoms with Gasteiger partial charge in [0.05, 0.1) is 5.92 Å². The first kappa shape index (κ1) is 14.7. The molecule has 0 radical (unpaired) electrons. The number of nitrogens with two attached hydrogens (primary N) is 1. The third-order valence-corrected chi connectivity index (χ3v) is 2.53. The van der Waals surface area contributed by atoms with Crippen LogP contribution < -0.4 is 5.73 Å². The van der Waals surface area contributed by atoms with E-state index in [4.69, 9.17) is 10.5 Å². The summed E-state index contributed by atoms with van der Waals surface area (Å²) in [5, 5.41) is 0. The number of rotatable bonds is 1. The second kappa shape index (κ2) is 5.71. The second-order valence-corrected chi connectivity index (χ2v) is 5.09. The normalized spacial score (nSPS) is 26.7. The van der Waals surface area contributed by atoms with Crippen molar-refractivity contribution in [3.05, 3.63) is 0 Å². The zero-order chi connectivity index (χ0) is 10.8. The van der Waals surface area contributed by atoms with Crippen molar-refractivity contribution in [3.8, 4) is 0 Å². The Hall–Kier alpha value is -0.280. The molecule has 0 amide bonds. The largest absolute Gasteiger partial charge is 0.460 e. The average Bonchev–Trinajstić information content (AvgIpc) is 2.01. The zero-order valence-corrected chi connectivity index (χ0v) is 10.6. The predicted octanol–water partition coefficient (Wildman–Crippen LogP) is 2.27. The molecule has 1 fully saturated rings. The second-order valence-electron chi connectivity index (χ2n) is 5.09. The van der Waals surface area contributed by atoms with Gasteiger partial charge >= 0.3 is 5.97 Å². The van der Waals surface area contributed by atoms with Crippen LogP contribution in [0.15, 0.2) is 0 Å². The standard InChI is InChI=1S/C11H21NO2.ClH/c1-11(2,3)14-10(13)8-6-4-5-7-9(8)12;/h8-9H,4-7,12H2,1-3H3;1H/t8-,9+;/m1./s1. The molecule has 15 heavy (non-hydrogen) atoms. The van der Waals surface area contributed by atoms with Crippen LogP contribution in [0.3, 0.4) is 0 Å². The monoisotopic (exact) mass is 235 g/mol. The van der Waals surface area contributed by atoms with Crippen LogP contribution in [0.25, 0.3) is 0 Å². The summed E-state index contributed by atoms with van der Waals surface area (Å²) in [6, 6.07) is -0.00130. The van der Waals surface area contributed by atoms with Gasteiger partial charge in [0, 0.05) is 6.04 Å². The van der Waals surface area contributed by atoms with Crippen LogP contribution in [0, 0.1) is 5.92 Å². The lowest BCUT2D eigenvalue weighted by molar-refractivity contribution is -0.161. The van der Waals surface area contributed by atoms with E-state index in [9.17, 15) is 4.79 Å². The van der Waals surface area contributed by atoms with E-state index in [0.717, 1.165) is 25.7 Å². The Labute approximate surface area is 98.2 Å². The van der Waals surface area contributed by atoms with Crippen LogP contribution in [-0.2, 0) is 9.53 Å². The summed E-state index contributed by atoms with van der Waals surface area (Å²) < 4.78 is 5.33. The molecule has 1 aliphatic carbocycles. The number of carbonyl (C=O) groups is 1. The van der Waals surface area contributed by atoms with E-state index in [1.165, 1.54) is 0 Å². The Bertz CT molecular complexity index is 213. The molecule has 0 aromatic heterocycles. The van der Waals surface area contributed by atoms with Crippen molar-refractivity contribution in [3.63, 3.8) is 0 Å². The quantitative estimate of drug-likeness (QED) is 0.710. The van der Waals surface area contributed by atoms with Crippen molar-refractivity contribution < 1.29 is 9.53 Å². The maximum atomic E-state index is 11.7. The molecule has 1 saturated carbocycles. The minimum atomic E-state index is -0.395. The van der Waals surface area contributed by atoms with Crippen molar-refractivity contribution in [2.75, 3.05) is 0 Å². The van der Waals surface area contributed by atoms with Crippen LogP contribution in [-0.4, -0.2) is 17.6 Å². The average molecular weight is 236 g/mol. The van der Waals surface area contributed by atoms with E-state index in [2.05, 4.69) is 0 Å².